The van der Waals surface area contributed by atoms with Crippen LogP contribution < -0.4 is 10.2 Å². The first-order chi connectivity index (χ1) is 11.1. The van der Waals surface area contributed by atoms with Crippen LogP contribution in [0.3, 0.4) is 0 Å². The average molecular weight is 312 g/mol. The van der Waals surface area contributed by atoms with Crippen molar-refractivity contribution in [3.05, 3.63) is 59.7 Å². The number of hydrogen-bond donors (Lipinski definition) is 2. The second-order valence-electron chi connectivity index (χ2n) is 5.06. The second-order valence-corrected chi connectivity index (χ2v) is 5.06. The van der Waals surface area contributed by atoms with Gasteiger partial charge in [0.05, 0.1) is 12.3 Å². The Bertz CT molecular complexity index is 676. The zero-order valence-corrected chi connectivity index (χ0v) is 13.2. The van der Waals surface area contributed by atoms with Gasteiger partial charge in [-0.2, -0.15) is 5.10 Å². The molecule has 0 aliphatic carbocycles. The Labute approximate surface area is 135 Å². The van der Waals surface area contributed by atoms with Gasteiger partial charge >= 0.3 is 0 Å². The summed E-state index contributed by atoms with van der Waals surface area (Å²) in [6.07, 6.45) is 0.938. The van der Waals surface area contributed by atoms with E-state index in [1.54, 1.807) is 55.5 Å². The van der Waals surface area contributed by atoms with Crippen LogP contribution in [0.25, 0.3) is 0 Å². The van der Waals surface area contributed by atoms with Crippen molar-refractivity contribution in [2.75, 3.05) is 6.61 Å². The normalized spacial score (nSPS) is 11.1. The minimum Gasteiger partial charge on any atom is -0.508 e. The molecule has 23 heavy (non-hydrogen) atoms. The third-order valence-electron chi connectivity index (χ3n) is 3.20. The summed E-state index contributed by atoms with van der Waals surface area (Å²) in [5.74, 6) is 0.647. The van der Waals surface area contributed by atoms with E-state index in [0.29, 0.717) is 17.9 Å². The summed E-state index contributed by atoms with van der Waals surface area (Å²) in [6, 6.07) is 13.6. The fraction of sp³-hybridized carbons (Fsp3) is 0.222. The van der Waals surface area contributed by atoms with E-state index >= 15 is 0 Å². The highest BCUT2D eigenvalue weighted by Gasteiger charge is 2.05. The van der Waals surface area contributed by atoms with Gasteiger partial charge in [0.25, 0.3) is 5.91 Å². The molecule has 2 aromatic carbocycles. The summed E-state index contributed by atoms with van der Waals surface area (Å²) >= 11 is 0. The first-order valence-corrected chi connectivity index (χ1v) is 7.47. The van der Waals surface area contributed by atoms with Crippen LogP contribution in [0.2, 0.25) is 0 Å². The fourth-order valence-electron chi connectivity index (χ4n) is 1.89. The van der Waals surface area contributed by atoms with E-state index in [1.165, 1.54) is 0 Å². The number of phenols is 1. The van der Waals surface area contributed by atoms with Crippen molar-refractivity contribution in [2.24, 2.45) is 5.10 Å². The highest BCUT2D eigenvalue weighted by Crippen LogP contribution is 2.13. The van der Waals surface area contributed by atoms with Crippen molar-refractivity contribution in [3.8, 4) is 11.5 Å². The number of hydrogen-bond acceptors (Lipinski definition) is 4. The Hall–Kier alpha value is -2.82. The van der Waals surface area contributed by atoms with E-state index < -0.39 is 0 Å². The molecule has 2 aromatic rings. The standard InChI is InChI=1S/C18H20N2O3/c1-3-12-23-17-10-6-15(7-11-17)18(22)20-19-13(2)14-4-8-16(21)9-5-14/h4-11,21H,3,12H2,1-2H3,(H,20,22)/b19-13+. The van der Waals surface area contributed by atoms with Crippen LogP contribution in [0.1, 0.15) is 36.2 Å². The number of aromatic hydroxyl groups is 1. The number of nitrogens with one attached hydrogen (secondary N) is 1. The molecule has 2 rings (SSSR count). The maximum absolute atomic E-state index is 12.1. The van der Waals surface area contributed by atoms with Gasteiger partial charge in [0, 0.05) is 5.56 Å². The van der Waals surface area contributed by atoms with Crippen LogP contribution in [0, 0.1) is 0 Å². The van der Waals surface area contributed by atoms with Gasteiger partial charge in [-0.15, -0.1) is 0 Å². The van der Waals surface area contributed by atoms with Crippen LogP contribution in [-0.4, -0.2) is 23.3 Å². The van der Waals surface area contributed by atoms with Gasteiger partial charge in [0.15, 0.2) is 0 Å². The number of benzene rings is 2. The lowest BCUT2D eigenvalue weighted by Gasteiger charge is -2.06. The van der Waals surface area contributed by atoms with E-state index in [9.17, 15) is 9.90 Å². The molecule has 1 amide bonds. The molecule has 5 heteroatoms. The van der Waals surface area contributed by atoms with E-state index in [-0.39, 0.29) is 11.7 Å². The molecule has 0 unspecified atom stereocenters. The Kier molecular flexibility index (Phi) is 5.74. The quantitative estimate of drug-likeness (QED) is 0.635. The number of rotatable bonds is 6. The second kappa shape index (κ2) is 7.98. The smallest absolute Gasteiger partial charge is 0.271 e. The monoisotopic (exact) mass is 312 g/mol. The van der Waals surface area contributed by atoms with Crippen molar-refractivity contribution in [1.82, 2.24) is 5.43 Å². The highest BCUT2D eigenvalue weighted by atomic mass is 16.5. The highest BCUT2D eigenvalue weighted by molar-refractivity contribution is 6.00. The zero-order chi connectivity index (χ0) is 16.7. The van der Waals surface area contributed by atoms with Crippen LogP contribution in [0.4, 0.5) is 0 Å². The largest absolute Gasteiger partial charge is 0.508 e. The third-order valence-corrected chi connectivity index (χ3v) is 3.20. The summed E-state index contributed by atoms with van der Waals surface area (Å²) in [4.78, 5) is 12.1. The maximum Gasteiger partial charge on any atom is 0.271 e. The molecule has 120 valence electrons. The van der Waals surface area contributed by atoms with Gasteiger partial charge in [-0.1, -0.05) is 6.92 Å². The van der Waals surface area contributed by atoms with Crippen molar-refractivity contribution >= 4 is 11.6 Å². The van der Waals surface area contributed by atoms with E-state index in [4.69, 9.17) is 4.74 Å². The molecule has 0 atom stereocenters. The minimum absolute atomic E-state index is 0.191. The number of carbonyl (C=O) groups excluding carboxylic acids is 1. The van der Waals surface area contributed by atoms with Gasteiger partial charge < -0.3 is 9.84 Å². The summed E-state index contributed by atoms with van der Waals surface area (Å²) < 4.78 is 5.48. The Morgan fingerprint density at radius 2 is 1.70 bits per heavy atom. The van der Waals surface area contributed by atoms with Crippen molar-refractivity contribution in [1.29, 1.82) is 0 Å². The molecule has 2 N–H and O–H groups in total. The summed E-state index contributed by atoms with van der Waals surface area (Å²) in [7, 11) is 0. The van der Waals surface area contributed by atoms with Crippen LogP contribution >= 0.6 is 0 Å². The molecule has 0 fully saturated rings. The lowest BCUT2D eigenvalue weighted by atomic mass is 10.1. The first kappa shape index (κ1) is 16.5. The Morgan fingerprint density at radius 1 is 1.09 bits per heavy atom. The Balaban J connectivity index is 1.98. The number of phenolic OH excluding ortho intramolecular Hbond substituents is 1. The molecule has 0 aliphatic rings. The molecule has 0 saturated carbocycles. The molecule has 0 heterocycles. The van der Waals surface area contributed by atoms with E-state index in [0.717, 1.165) is 17.7 Å². The summed E-state index contributed by atoms with van der Waals surface area (Å²) in [5, 5.41) is 13.3. The number of amides is 1. The molecular weight excluding hydrogens is 292 g/mol. The van der Waals surface area contributed by atoms with Crippen LogP contribution in [0.5, 0.6) is 11.5 Å². The Morgan fingerprint density at radius 3 is 2.30 bits per heavy atom. The van der Waals surface area contributed by atoms with Gasteiger partial charge in [-0.05, 0) is 67.4 Å². The van der Waals surface area contributed by atoms with Crippen molar-refractivity contribution in [3.63, 3.8) is 0 Å². The summed E-state index contributed by atoms with van der Waals surface area (Å²) in [6.45, 7) is 4.48. The molecular formula is C18H20N2O3. The van der Waals surface area contributed by atoms with Crippen LogP contribution in [-0.2, 0) is 0 Å². The molecule has 0 aromatic heterocycles. The van der Waals surface area contributed by atoms with Gasteiger partial charge in [-0.25, -0.2) is 5.43 Å². The predicted octanol–water partition coefficient (Wildman–Crippen LogP) is 3.34. The van der Waals surface area contributed by atoms with E-state index in [2.05, 4.69) is 10.5 Å². The molecule has 0 saturated heterocycles. The van der Waals surface area contributed by atoms with Crippen molar-refractivity contribution in [2.45, 2.75) is 20.3 Å². The SMILES string of the molecule is CCCOc1ccc(C(=O)N/N=C(\C)c2ccc(O)cc2)cc1. The average Bonchev–Trinajstić information content (AvgIpc) is 2.58. The number of carbonyl (C=O) groups is 1. The number of ether oxygens (including phenoxy) is 1. The van der Waals surface area contributed by atoms with Crippen LogP contribution in [0.15, 0.2) is 53.6 Å². The lowest BCUT2D eigenvalue weighted by Crippen LogP contribution is -2.19. The maximum atomic E-state index is 12.1. The third kappa shape index (κ3) is 4.85. The van der Waals surface area contributed by atoms with E-state index in [1.807, 2.05) is 6.92 Å². The first-order valence-electron chi connectivity index (χ1n) is 7.47. The van der Waals surface area contributed by atoms with Gasteiger partial charge in [0.2, 0.25) is 0 Å². The fourth-order valence-corrected chi connectivity index (χ4v) is 1.89. The van der Waals surface area contributed by atoms with Crippen molar-refractivity contribution < 1.29 is 14.6 Å². The molecule has 0 bridgehead atoms. The molecule has 0 aliphatic heterocycles. The van der Waals surface area contributed by atoms with Gasteiger partial charge in [-0.3, -0.25) is 4.79 Å². The zero-order valence-electron chi connectivity index (χ0n) is 13.2. The topological polar surface area (TPSA) is 70.9 Å². The van der Waals surface area contributed by atoms with Gasteiger partial charge in [0.1, 0.15) is 11.5 Å². The number of hydrazone groups is 1. The number of nitrogens with zero attached hydrogens (tertiary/aromatic N) is 1. The lowest BCUT2D eigenvalue weighted by molar-refractivity contribution is 0.0955. The molecule has 5 nitrogen and oxygen atoms in total. The molecule has 0 radical (unpaired) electrons. The predicted molar refractivity (Wildman–Crippen MR) is 90.0 cm³/mol. The minimum atomic E-state index is -0.287. The molecule has 0 spiro atoms. The summed E-state index contributed by atoms with van der Waals surface area (Å²) in [5.41, 5.74) is 4.51.